The molecule has 0 unspecified atom stereocenters. The third-order valence-electron chi connectivity index (χ3n) is 4.22. The Kier molecular flexibility index (Phi) is 7.17. The molecule has 170 valence electrons. The zero-order chi connectivity index (χ0) is 23.4. The van der Waals surface area contributed by atoms with Crippen LogP contribution in [0.2, 0.25) is 0 Å². The van der Waals surface area contributed by atoms with Gasteiger partial charge in [0.05, 0.1) is 11.7 Å². The van der Waals surface area contributed by atoms with Crippen LogP contribution in [0, 0.1) is 0 Å². The molecule has 2 N–H and O–H groups in total. The summed E-state index contributed by atoms with van der Waals surface area (Å²) in [7, 11) is -4.59. The summed E-state index contributed by atoms with van der Waals surface area (Å²) in [6.45, 7) is 5.36. The number of nitrogens with one attached hydrogen (secondary N) is 2. The molecular weight excluding hydrogens is 450 g/mol. The van der Waals surface area contributed by atoms with Crippen LogP contribution in [-0.4, -0.2) is 29.6 Å². The van der Waals surface area contributed by atoms with Gasteiger partial charge in [-0.3, -0.25) is 4.72 Å². The molecule has 3 rings (SSSR count). The molecule has 0 aliphatic carbocycles. The number of thiazole rings is 1. The number of hydrogen-bond donors (Lipinski definition) is 2. The Balaban J connectivity index is 1.83. The lowest BCUT2D eigenvalue weighted by atomic mass is 10.1. The molecule has 0 saturated carbocycles. The summed E-state index contributed by atoms with van der Waals surface area (Å²) in [6, 6.07) is 15.6. The van der Waals surface area contributed by atoms with E-state index in [4.69, 9.17) is 9.72 Å². The lowest BCUT2D eigenvalue weighted by Gasteiger charge is -2.23. The van der Waals surface area contributed by atoms with Crippen LogP contribution in [0.15, 0.2) is 60.0 Å². The average molecular weight is 475 g/mol. The van der Waals surface area contributed by atoms with E-state index in [9.17, 15) is 17.8 Å². The number of aromatic nitrogens is 1. The highest BCUT2D eigenvalue weighted by atomic mass is 32.2. The van der Waals surface area contributed by atoms with Crippen molar-refractivity contribution in [2.75, 3.05) is 4.72 Å². The lowest BCUT2D eigenvalue weighted by Crippen LogP contribution is -2.35. The van der Waals surface area contributed by atoms with Crippen molar-refractivity contribution >= 4 is 33.4 Å². The standard InChI is InChI=1S/C22H25N3O5S2/c1-22(2,3)30-21(26)24-18(13-15-9-11-17(12-10-15)25-32(27,28)29)20-23-19(14-31-20)16-7-5-4-6-8-16/h4-12,14,18,25H,13H2,1-3H3,(H,24,26)(H,27,28,29)/p-1/t18-/m0/s1. The summed E-state index contributed by atoms with van der Waals surface area (Å²) in [4.78, 5) is 17.2. The number of ether oxygens (including phenoxy) is 1. The fourth-order valence-electron chi connectivity index (χ4n) is 2.93. The van der Waals surface area contributed by atoms with Gasteiger partial charge in [-0.15, -0.1) is 11.3 Å². The highest BCUT2D eigenvalue weighted by Gasteiger charge is 2.23. The number of carbonyl (C=O) groups is 1. The van der Waals surface area contributed by atoms with E-state index in [1.54, 1.807) is 32.9 Å². The number of nitrogens with zero attached hydrogens (tertiary/aromatic N) is 1. The van der Waals surface area contributed by atoms with Crippen molar-refractivity contribution < 1.29 is 22.5 Å². The third-order valence-corrected chi connectivity index (χ3v) is 5.66. The number of rotatable bonds is 7. The molecule has 8 nitrogen and oxygen atoms in total. The molecule has 0 spiro atoms. The van der Waals surface area contributed by atoms with E-state index < -0.39 is 28.0 Å². The fourth-order valence-corrected chi connectivity index (χ4v) is 4.23. The van der Waals surface area contributed by atoms with Gasteiger partial charge < -0.3 is 14.6 Å². The van der Waals surface area contributed by atoms with Gasteiger partial charge in [0.2, 0.25) is 0 Å². The highest BCUT2D eigenvalue weighted by Crippen LogP contribution is 2.28. The van der Waals surface area contributed by atoms with Gasteiger partial charge in [-0.25, -0.2) is 18.2 Å². The van der Waals surface area contributed by atoms with E-state index in [-0.39, 0.29) is 5.69 Å². The molecule has 10 heteroatoms. The van der Waals surface area contributed by atoms with Crippen molar-refractivity contribution in [2.24, 2.45) is 0 Å². The van der Waals surface area contributed by atoms with Crippen molar-refractivity contribution in [3.8, 4) is 11.3 Å². The first-order chi connectivity index (χ1) is 15.0. The summed E-state index contributed by atoms with van der Waals surface area (Å²) in [5, 5.41) is 5.52. The van der Waals surface area contributed by atoms with Crippen LogP contribution in [-0.2, 0) is 21.5 Å². The van der Waals surface area contributed by atoms with Gasteiger partial charge in [0.1, 0.15) is 10.6 Å². The third kappa shape index (κ3) is 7.33. The average Bonchev–Trinajstić information content (AvgIpc) is 3.17. The van der Waals surface area contributed by atoms with E-state index in [0.717, 1.165) is 16.8 Å². The minimum atomic E-state index is -4.59. The molecule has 0 bridgehead atoms. The lowest BCUT2D eigenvalue weighted by molar-refractivity contribution is 0.0503. The van der Waals surface area contributed by atoms with Crippen LogP contribution < -0.4 is 10.0 Å². The summed E-state index contributed by atoms with van der Waals surface area (Å²) < 4.78 is 39.9. The molecule has 0 aliphatic rings. The highest BCUT2D eigenvalue weighted by molar-refractivity contribution is 7.87. The van der Waals surface area contributed by atoms with Crippen LogP contribution >= 0.6 is 11.3 Å². The van der Waals surface area contributed by atoms with Gasteiger partial charge in [-0.05, 0) is 44.9 Å². The van der Waals surface area contributed by atoms with E-state index in [1.165, 1.54) is 23.5 Å². The van der Waals surface area contributed by atoms with Crippen LogP contribution in [0.3, 0.4) is 0 Å². The second-order valence-corrected chi connectivity index (χ2v) is 10.1. The SMILES string of the molecule is CC(C)(C)OC(=O)N[C@@H](Cc1ccc(NS(=O)(=O)[O-])cc1)c1nc(-c2ccccc2)cs1. The van der Waals surface area contributed by atoms with E-state index in [0.29, 0.717) is 11.4 Å². The van der Waals surface area contributed by atoms with Crippen LogP contribution in [0.25, 0.3) is 11.3 Å². The monoisotopic (exact) mass is 474 g/mol. The Hall–Kier alpha value is -2.95. The van der Waals surface area contributed by atoms with Crippen LogP contribution in [0.5, 0.6) is 0 Å². The van der Waals surface area contributed by atoms with E-state index >= 15 is 0 Å². The van der Waals surface area contributed by atoms with Gasteiger partial charge in [0.15, 0.2) is 10.3 Å². The molecule has 1 heterocycles. The Morgan fingerprint density at radius 1 is 1.12 bits per heavy atom. The zero-order valence-electron chi connectivity index (χ0n) is 17.9. The van der Waals surface area contributed by atoms with Gasteiger partial charge in [0, 0.05) is 16.6 Å². The van der Waals surface area contributed by atoms with Crippen molar-refractivity contribution in [2.45, 2.75) is 38.8 Å². The Labute approximate surface area is 191 Å². The number of anilines is 1. The molecule has 1 atom stereocenters. The van der Waals surface area contributed by atoms with Crippen molar-refractivity contribution in [3.05, 3.63) is 70.5 Å². The number of amides is 1. The molecule has 0 saturated heterocycles. The fraction of sp³-hybridized carbons (Fsp3) is 0.273. The van der Waals surface area contributed by atoms with Crippen LogP contribution in [0.1, 0.15) is 37.4 Å². The first-order valence-corrected chi connectivity index (χ1v) is 12.1. The second-order valence-electron chi connectivity index (χ2n) is 8.09. The molecule has 2 aromatic carbocycles. The molecule has 3 aromatic rings. The first-order valence-electron chi connectivity index (χ1n) is 9.81. The Morgan fingerprint density at radius 3 is 2.38 bits per heavy atom. The largest absolute Gasteiger partial charge is 0.731 e. The molecule has 0 aliphatic heterocycles. The topological polar surface area (TPSA) is 120 Å². The summed E-state index contributed by atoms with van der Waals surface area (Å²) in [5.74, 6) is 0. The molecule has 0 radical (unpaired) electrons. The number of hydrogen-bond acceptors (Lipinski definition) is 7. The zero-order valence-corrected chi connectivity index (χ0v) is 19.5. The molecular formula is C22H24N3O5S2-. The van der Waals surface area contributed by atoms with Crippen molar-refractivity contribution in [3.63, 3.8) is 0 Å². The minimum Gasteiger partial charge on any atom is -0.731 e. The minimum absolute atomic E-state index is 0.168. The maximum atomic E-state index is 12.5. The molecule has 1 aromatic heterocycles. The maximum Gasteiger partial charge on any atom is 0.408 e. The van der Waals surface area contributed by atoms with Gasteiger partial charge >= 0.3 is 6.09 Å². The molecule has 1 amide bonds. The second kappa shape index (κ2) is 9.68. The van der Waals surface area contributed by atoms with E-state index in [2.05, 4.69) is 5.32 Å². The number of alkyl carbamates (subject to hydrolysis) is 1. The summed E-state index contributed by atoms with van der Waals surface area (Å²) >= 11 is 1.43. The van der Waals surface area contributed by atoms with Gasteiger partial charge in [-0.2, -0.15) is 0 Å². The summed E-state index contributed by atoms with van der Waals surface area (Å²) in [6.07, 6.45) is -0.166. The van der Waals surface area contributed by atoms with E-state index in [1.807, 2.05) is 40.4 Å². The Bertz CT molecular complexity index is 1150. The van der Waals surface area contributed by atoms with Gasteiger partial charge in [-0.1, -0.05) is 42.5 Å². The maximum absolute atomic E-state index is 12.5. The van der Waals surface area contributed by atoms with Crippen molar-refractivity contribution in [1.82, 2.24) is 10.3 Å². The summed E-state index contributed by atoms with van der Waals surface area (Å²) in [5.41, 5.74) is 2.11. The van der Waals surface area contributed by atoms with Gasteiger partial charge in [0.25, 0.3) is 0 Å². The molecule has 32 heavy (non-hydrogen) atoms. The number of carbonyl (C=O) groups excluding carboxylic acids is 1. The predicted octanol–water partition coefficient (Wildman–Crippen LogP) is 4.49. The smallest absolute Gasteiger partial charge is 0.408 e. The molecule has 0 fully saturated rings. The van der Waals surface area contributed by atoms with Crippen LogP contribution in [0.4, 0.5) is 10.5 Å². The quantitative estimate of drug-likeness (QED) is 0.487. The number of benzene rings is 2. The predicted molar refractivity (Wildman–Crippen MR) is 123 cm³/mol. The normalized spacial score (nSPS) is 12.8. The Morgan fingerprint density at radius 2 is 1.78 bits per heavy atom. The first kappa shape index (κ1) is 23.7. The van der Waals surface area contributed by atoms with Crippen molar-refractivity contribution in [1.29, 1.82) is 0 Å².